The fourth-order valence-corrected chi connectivity index (χ4v) is 4.98. The summed E-state index contributed by atoms with van der Waals surface area (Å²) in [5.74, 6) is 0.958. The summed E-state index contributed by atoms with van der Waals surface area (Å²) in [5, 5.41) is 0. The first-order chi connectivity index (χ1) is 15.8. The second kappa shape index (κ2) is 9.53. The zero-order valence-electron chi connectivity index (χ0n) is 18.4. The van der Waals surface area contributed by atoms with Crippen molar-refractivity contribution in [3.63, 3.8) is 0 Å². The van der Waals surface area contributed by atoms with E-state index in [1.165, 1.54) is 24.0 Å². The third-order valence-electron chi connectivity index (χ3n) is 6.62. The van der Waals surface area contributed by atoms with Crippen molar-refractivity contribution in [3.8, 4) is 0 Å². The number of benzene rings is 2. The molecule has 5 rings (SSSR count). The van der Waals surface area contributed by atoms with Gasteiger partial charge in [0.15, 0.2) is 0 Å². The maximum atomic E-state index is 13.4. The minimum Gasteiger partial charge on any atom is -0.356 e. The Bertz CT molecular complexity index is 986. The van der Waals surface area contributed by atoms with Crippen LogP contribution in [0.5, 0.6) is 0 Å². The number of nitrogens with zero attached hydrogens (tertiary/aromatic N) is 4. The molecule has 0 atom stereocenters. The lowest BCUT2D eigenvalue weighted by Gasteiger charge is -2.40. The number of carbonyl (C=O) groups excluding carboxylic acids is 1. The van der Waals surface area contributed by atoms with Crippen LogP contribution in [0.3, 0.4) is 0 Å². The van der Waals surface area contributed by atoms with Crippen LogP contribution in [0.4, 0.5) is 5.82 Å². The molecule has 3 aromatic rings. The molecule has 2 aliphatic rings. The number of aromatic nitrogens is 1. The monoisotopic (exact) mass is 426 g/mol. The van der Waals surface area contributed by atoms with E-state index < -0.39 is 0 Å². The molecule has 0 aliphatic carbocycles. The Hall–Kier alpha value is -3.18. The van der Waals surface area contributed by atoms with Crippen molar-refractivity contribution in [2.24, 2.45) is 0 Å². The molecule has 2 fully saturated rings. The van der Waals surface area contributed by atoms with Crippen LogP contribution in [0.2, 0.25) is 0 Å². The molecule has 2 saturated heterocycles. The zero-order valence-corrected chi connectivity index (χ0v) is 18.4. The van der Waals surface area contributed by atoms with Crippen molar-refractivity contribution < 1.29 is 4.79 Å². The van der Waals surface area contributed by atoms with Crippen molar-refractivity contribution in [1.82, 2.24) is 14.8 Å². The smallest absolute Gasteiger partial charge is 0.257 e. The summed E-state index contributed by atoms with van der Waals surface area (Å²) in [6.07, 6.45) is 4.14. The van der Waals surface area contributed by atoms with Gasteiger partial charge in [0.2, 0.25) is 0 Å². The van der Waals surface area contributed by atoms with E-state index in [1.54, 1.807) is 6.20 Å². The quantitative estimate of drug-likeness (QED) is 0.612. The highest BCUT2D eigenvalue weighted by Crippen LogP contribution is 2.30. The van der Waals surface area contributed by atoms with Gasteiger partial charge in [-0.2, -0.15) is 0 Å². The Kier molecular flexibility index (Phi) is 6.17. The molecule has 5 nitrogen and oxygen atoms in total. The molecular formula is C27H30N4O. The van der Waals surface area contributed by atoms with E-state index in [4.69, 9.17) is 0 Å². The summed E-state index contributed by atoms with van der Waals surface area (Å²) in [6, 6.07) is 25.4. The Labute approximate surface area is 190 Å². The summed E-state index contributed by atoms with van der Waals surface area (Å²) >= 11 is 0. The number of hydrogen-bond donors (Lipinski definition) is 0. The molecule has 2 aliphatic heterocycles. The van der Waals surface area contributed by atoms with Crippen molar-refractivity contribution in [1.29, 1.82) is 0 Å². The second-order valence-corrected chi connectivity index (χ2v) is 8.62. The van der Waals surface area contributed by atoms with Gasteiger partial charge in [0, 0.05) is 45.5 Å². The topological polar surface area (TPSA) is 39.7 Å². The number of carbonyl (C=O) groups is 1. The van der Waals surface area contributed by atoms with E-state index in [9.17, 15) is 4.79 Å². The Balaban J connectivity index is 1.33. The minimum atomic E-state index is 0.107. The average molecular weight is 427 g/mol. The Morgan fingerprint density at radius 1 is 0.719 bits per heavy atom. The molecule has 0 saturated carbocycles. The van der Waals surface area contributed by atoms with Crippen LogP contribution in [0.15, 0.2) is 79.0 Å². The molecule has 5 heteroatoms. The first-order valence-electron chi connectivity index (χ1n) is 11.6. The van der Waals surface area contributed by atoms with Gasteiger partial charge in [0.05, 0.1) is 11.6 Å². The maximum absolute atomic E-state index is 13.4. The van der Waals surface area contributed by atoms with Gasteiger partial charge in [-0.3, -0.25) is 9.69 Å². The van der Waals surface area contributed by atoms with Gasteiger partial charge in [-0.1, -0.05) is 60.7 Å². The molecule has 0 spiro atoms. The van der Waals surface area contributed by atoms with E-state index in [2.05, 4.69) is 75.4 Å². The Morgan fingerprint density at radius 2 is 1.31 bits per heavy atom. The molecule has 0 unspecified atom stereocenters. The fraction of sp³-hybridized carbons (Fsp3) is 0.333. The first kappa shape index (κ1) is 20.7. The standard InChI is InChI=1S/C27H30N4O/c32-27(24-14-9-15-28-26(24)30-16-7-8-17-30)31-20-18-29(19-21-31)25(22-10-3-1-4-11-22)23-12-5-2-6-13-23/h1-6,9-15,25H,7-8,16-21H2. The van der Waals surface area contributed by atoms with Gasteiger partial charge in [0.1, 0.15) is 5.82 Å². The number of anilines is 1. The van der Waals surface area contributed by atoms with Gasteiger partial charge in [-0.05, 0) is 36.1 Å². The molecule has 32 heavy (non-hydrogen) atoms. The second-order valence-electron chi connectivity index (χ2n) is 8.62. The number of amides is 1. The average Bonchev–Trinajstić information content (AvgIpc) is 3.41. The van der Waals surface area contributed by atoms with Crippen molar-refractivity contribution in [2.45, 2.75) is 18.9 Å². The van der Waals surface area contributed by atoms with E-state index in [0.717, 1.165) is 50.6 Å². The van der Waals surface area contributed by atoms with Crippen molar-refractivity contribution >= 4 is 11.7 Å². The largest absolute Gasteiger partial charge is 0.356 e. The molecule has 0 bridgehead atoms. The van der Waals surface area contributed by atoms with E-state index in [1.807, 2.05) is 17.0 Å². The molecule has 0 N–H and O–H groups in total. The van der Waals surface area contributed by atoms with Crippen LogP contribution in [0.25, 0.3) is 0 Å². The lowest BCUT2D eigenvalue weighted by molar-refractivity contribution is 0.0597. The zero-order chi connectivity index (χ0) is 21.8. The van der Waals surface area contributed by atoms with Crippen LogP contribution in [-0.4, -0.2) is 60.0 Å². The third-order valence-corrected chi connectivity index (χ3v) is 6.62. The highest BCUT2D eigenvalue weighted by Gasteiger charge is 2.30. The van der Waals surface area contributed by atoms with Gasteiger partial charge in [-0.15, -0.1) is 0 Å². The molecule has 1 amide bonds. The van der Waals surface area contributed by atoms with Crippen LogP contribution >= 0.6 is 0 Å². The molecule has 164 valence electrons. The number of pyridine rings is 1. The molecular weight excluding hydrogens is 396 g/mol. The normalized spacial score (nSPS) is 17.2. The van der Waals surface area contributed by atoms with E-state index in [-0.39, 0.29) is 11.9 Å². The van der Waals surface area contributed by atoms with E-state index >= 15 is 0 Å². The molecule has 3 heterocycles. The predicted molar refractivity (Wildman–Crippen MR) is 128 cm³/mol. The Morgan fingerprint density at radius 3 is 1.91 bits per heavy atom. The number of hydrogen-bond acceptors (Lipinski definition) is 4. The van der Waals surface area contributed by atoms with Crippen LogP contribution in [0, 0.1) is 0 Å². The van der Waals surface area contributed by atoms with Crippen LogP contribution in [0.1, 0.15) is 40.4 Å². The van der Waals surface area contributed by atoms with E-state index in [0.29, 0.717) is 0 Å². The third kappa shape index (κ3) is 4.26. The molecule has 0 radical (unpaired) electrons. The van der Waals surface area contributed by atoms with Gasteiger partial charge in [0.25, 0.3) is 5.91 Å². The number of rotatable bonds is 5. The SMILES string of the molecule is O=C(c1cccnc1N1CCCC1)N1CCN(C(c2ccccc2)c2ccccc2)CC1. The van der Waals surface area contributed by atoms with Crippen LogP contribution < -0.4 is 4.90 Å². The minimum absolute atomic E-state index is 0.107. The fourth-order valence-electron chi connectivity index (χ4n) is 4.98. The highest BCUT2D eigenvalue weighted by atomic mass is 16.2. The van der Waals surface area contributed by atoms with Gasteiger partial charge >= 0.3 is 0 Å². The van der Waals surface area contributed by atoms with Crippen LogP contribution in [-0.2, 0) is 0 Å². The lowest BCUT2D eigenvalue weighted by atomic mass is 9.96. The highest BCUT2D eigenvalue weighted by molar-refractivity contribution is 5.99. The van der Waals surface area contributed by atoms with Gasteiger partial charge in [-0.25, -0.2) is 4.98 Å². The summed E-state index contributed by atoms with van der Waals surface area (Å²) in [7, 11) is 0. The lowest BCUT2D eigenvalue weighted by Crippen LogP contribution is -2.50. The molecule has 1 aromatic heterocycles. The van der Waals surface area contributed by atoms with Gasteiger partial charge < -0.3 is 9.80 Å². The maximum Gasteiger partial charge on any atom is 0.257 e. The van der Waals surface area contributed by atoms with Crippen molar-refractivity contribution in [2.75, 3.05) is 44.2 Å². The predicted octanol–water partition coefficient (Wildman–Crippen LogP) is 4.23. The summed E-state index contributed by atoms with van der Waals surface area (Å²) in [4.78, 5) is 24.8. The molecule has 2 aromatic carbocycles. The summed E-state index contributed by atoms with van der Waals surface area (Å²) in [5.41, 5.74) is 3.33. The summed E-state index contributed by atoms with van der Waals surface area (Å²) in [6.45, 7) is 5.12. The van der Waals surface area contributed by atoms with Crippen molar-refractivity contribution in [3.05, 3.63) is 95.7 Å². The number of piperazine rings is 1. The first-order valence-corrected chi connectivity index (χ1v) is 11.6. The summed E-state index contributed by atoms with van der Waals surface area (Å²) < 4.78 is 0.